The van der Waals surface area contributed by atoms with Crippen molar-refractivity contribution in [1.82, 2.24) is 4.90 Å². The number of likely N-dealkylation sites (tertiary alicyclic amines) is 1. The second kappa shape index (κ2) is 9.89. The van der Waals surface area contributed by atoms with Gasteiger partial charge in [0.1, 0.15) is 11.8 Å². The van der Waals surface area contributed by atoms with Crippen LogP contribution in [0.25, 0.3) is 11.8 Å². The summed E-state index contributed by atoms with van der Waals surface area (Å²) in [5, 5.41) is 0. The predicted molar refractivity (Wildman–Crippen MR) is 111 cm³/mol. The van der Waals surface area contributed by atoms with Crippen LogP contribution < -0.4 is 10.5 Å². The van der Waals surface area contributed by atoms with E-state index in [1.807, 2.05) is 6.92 Å². The summed E-state index contributed by atoms with van der Waals surface area (Å²) >= 11 is 0. The van der Waals surface area contributed by atoms with Gasteiger partial charge in [0, 0.05) is 30.1 Å². The molecule has 1 aliphatic rings. The summed E-state index contributed by atoms with van der Waals surface area (Å²) in [6.45, 7) is 7.55. The number of hydrogen-bond acceptors (Lipinski definition) is 5. The highest BCUT2D eigenvalue weighted by Crippen LogP contribution is 2.34. The normalized spacial score (nSPS) is 17.8. The van der Waals surface area contributed by atoms with Gasteiger partial charge in [-0.15, -0.1) is 13.2 Å². The molecule has 1 saturated heterocycles. The Morgan fingerprint density at radius 2 is 2.10 bits per heavy atom. The van der Waals surface area contributed by atoms with Crippen molar-refractivity contribution in [2.45, 2.75) is 45.5 Å². The lowest BCUT2D eigenvalue weighted by Gasteiger charge is -2.27. The number of alkyl halides is 3. The maximum atomic E-state index is 13.1. The minimum Gasteiger partial charge on any atom is -0.467 e. The van der Waals surface area contributed by atoms with Gasteiger partial charge in [0.25, 0.3) is 0 Å². The molecule has 170 valence electrons. The molecule has 2 N–H and O–H groups in total. The smallest absolute Gasteiger partial charge is 0.467 e. The van der Waals surface area contributed by atoms with Crippen LogP contribution in [0.3, 0.4) is 0 Å². The number of benzene rings is 1. The first-order valence-corrected chi connectivity index (χ1v) is 9.90. The number of methoxy groups -OCH3 is 1. The molecule has 1 aromatic carbocycles. The van der Waals surface area contributed by atoms with Gasteiger partial charge in [0.2, 0.25) is 5.91 Å². The fourth-order valence-corrected chi connectivity index (χ4v) is 3.73. The maximum Gasteiger partial charge on any atom is 0.573 e. The zero-order chi connectivity index (χ0) is 23.3. The van der Waals surface area contributed by atoms with Gasteiger partial charge in [0.15, 0.2) is 0 Å². The number of allylic oxidation sites excluding steroid dienone is 1. The van der Waals surface area contributed by atoms with Gasteiger partial charge in [-0.1, -0.05) is 25.7 Å². The van der Waals surface area contributed by atoms with Gasteiger partial charge in [-0.3, -0.25) is 4.79 Å². The number of hydrogen-bond donors (Lipinski definition) is 1. The summed E-state index contributed by atoms with van der Waals surface area (Å²) in [6, 6.07) is 1.53. The number of nitrogens with two attached hydrogens (primary N) is 1. The lowest BCUT2D eigenvalue weighted by molar-refractivity contribution is -0.274. The number of ether oxygens (including phenoxy) is 2. The Bertz CT molecular complexity index is 880. The van der Waals surface area contributed by atoms with Crippen LogP contribution in [0.5, 0.6) is 5.75 Å². The van der Waals surface area contributed by atoms with Crippen LogP contribution >= 0.6 is 0 Å². The number of amides is 1. The van der Waals surface area contributed by atoms with Gasteiger partial charge >= 0.3 is 12.3 Å². The molecule has 6 nitrogen and oxygen atoms in total. The van der Waals surface area contributed by atoms with Crippen molar-refractivity contribution in [1.29, 1.82) is 0 Å². The third-order valence-corrected chi connectivity index (χ3v) is 5.26. The lowest BCUT2D eigenvalue weighted by Crippen LogP contribution is -2.45. The first-order valence-electron chi connectivity index (χ1n) is 9.90. The van der Waals surface area contributed by atoms with Crippen molar-refractivity contribution < 1.29 is 32.2 Å². The van der Waals surface area contributed by atoms with E-state index in [1.54, 1.807) is 19.1 Å². The molecule has 31 heavy (non-hydrogen) atoms. The Labute approximate surface area is 179 Å². The molecule has 0 aliphatic carbocycles. The molecule has 0 spiro atoms. The fraction of sp³-hybridized carbons (Fsp3) is 0.455. The van der Waals surface area contributed by atoms with E-state index in [0.29, 0.717) is 24.9 Å². The third kappa shape index (κ3) is 5.80. The van der Waals surface area contributed by atoms with Crippen molar-refractivity contribution in [3.05, 3.63) is 41.5 Å². The zero-order valence-electron chi connectivity index (χ0n) is 17.8. The molecule has 9 heteroatoms. The van der Waals surface area contributed by atoms with E-state index < -0.39 is 24.1 Å². The molecule has 0 saturated carbocycles. The van der Waals surface area contributed by atoms with Crippen LogP contribution in [0.15, 0.2) is 24.8 Å². The quantitative estimate of drug-likeness (QED) is 0.621. The van der Waals surface area contributed by atoms with Crippen molar-refractivity contribution in [3.8, 4) is 5.75 Å². The lowest BCUT2D eigenvalue weighted by atomic mass is 9.96. The van der Waals surface area contributed by atoms with Gasteiger partial charge in [-0.25, -0.2) is 4.79 Å². The number of esters is 1. The summed E-state index contributed by atoms with van der Waals surface area (Å²) < 4.78 is 48.3. The zero-order valence-corrected chi connectivity index (χ0v) is 17.8. The van der Waals surface area contributed by atoms with Crippen molar-refractivity contribution in [2.75, 3.05) is 13.7 Å². The Balaban J connectivity index is 2.56. The minimum atomic E-state index is -4.96. The van der Waals surface area contributed by atoms with E-state index in [0.717, 1.165) is 6.07 Å². The Morgan fingerprint density at radius 3 is 2.58 bits per heavy atom. The van der Waals surface area contributed by atoms with E-state index in [-0.39, 0.29) is 35.1 Å². The SMILES string of the molecule is C=C(N)c1cc(OC(F)(F)F)c(CC(C(=O)OC)N2CCC(CC)C2=O)cc1/C=C\C. The number of rotatable bonds is 8. The van der Waals surface area contributed by atoms with Crippen LogP contribution in [0, 0.1) is 5.92 Å². The second-order valence-corrected chi connectivity index (χ2v) is 7.29. The summed E-state index contributed by atoms with van der Waals surface area (Å²) in [6.07, 6.45) is -0.613. The van der Waals surface area contributed by atoms with Crippen LogP contribution in [0.4, 0.5) is 13.2 Å². The monoisotopic (exact) mass is 440 g/mol. The van der Waals surface area contributed by atoms with Crippen molar-refractivity contribution in [3.63, 3.8) is 0 Å². The molecule has 1 amide bonds. The highest BCUT2D eigenvalue weighted by atomic mass is 19.4. The average Bonchev–Trinajstić information content (AvgIpc) is 3.06. The third-order valence-electron chi connectivity index (χ3n) is 5.26. The summed E-state index contributed by atoms with van der Waals surface area (Å²) in [5.74, 6) is -1.64. The standard InChI is InChI=1S/C22H27F3N2O4/c1-5-7-15-10-16(19(31-22(23,24)25)12-17(15)13(3)26)11-18(21(29)30-4)27-9-8-14(6-2)20(27)28/h5,7,10,12,14,18H,3,6,8-9,11,26H2,1-2,4H3/b7-5-. The molecule has 2 atom stereocenters. The van der Waals surface area contributed by atoms with Gasteiger partial charge in [0.05, 0.1) is 7.11 Å². The molecule has 0 bridgehead atoms. The van der Waals surface area contributed by atoms with Gasteiger partial charge < -0.3 is 20.1 Å². The number of halogens is 3. The second-order valence-electron chi connectivity index (χ2n) is 7.29. The van der Waals surface area contributed by atoms with Crippen LogP contribution in [-0.2, 0) is 20.7 Å². The van der Waals surface area contributed by atoms with Crippen molar-refractivity contribution in [2.24, 2.45) is 11.7 Å². The first-order chi connectivity index (χ1) is 14.5. The molecule has 0 radical (unpaired) electrons. The predicted octanol–water partition coefficient (Wildman–Crippen LogP) is 3.89. The maximum absolute atomic E-state index is 13.1. The van der Waals surface area contributed by atoms with Gasteiger partial charge in [-0.2, -0.15) is 0 Å². The van der Waals surface area contributed by atoms with E-state index in [2.05, 4.69) is 11.3 Å². The van der Waals surface area contributed by atoms with Crippen molar-refractivity contribution >= 4 is 23.6 Å². The molecule has 0 aromatic heterocycles. The first kappa shape index (κ1) is 24.3. The topological polar surface area (TPSA) is 81.9 Å². The van der Waals surface area contributed by atoms with E-state index >= 15 is 0 Å². The van der Waals surface area contributed by atoms with Crippen LogP contribution in [-0.4, -0.2) is 42.8 Å². The van der Waals surface area contributed by atoms with E-state index in [9.17, 15) is 22.8 Å². The number of nitrogens with zero attached hydrogens (tertiary/aromatic N) is 1. The van der Waals surface area contributed by atoms with E-state index in [4.69, 9.17) is 10.5 Å². The number of carbonyl (C=O) groups excluding carboxylic acids is 2. The molecule has 1 fully saturated rings. The minimum absolute atomic E-state index is 0.0664. The Hall–Kier alpha value is -2.97. The molecule has 2 rings (SSSR count). The largest absolute Gasteiger partial charge is 0.573 e. The molecular formula is C22H27F3N2O4. The molecule has 2 unspecified atom stereocenters. The summed E-state index contributed by atoms with van der Waals surface area (Å²) in [5.41, 5.74) is 6.71. The van der Waals surface area contributed by atoms with Crippen LogP contribution in [0.2, 0.25) is 0 Å². The molecule has 1 aliphatic heterocycles. The summed E-state index contributed by atoms with van der Waals surface area (Å²) in [7, 11) is 1.17. The highest BCUT2D eigenvalue weighted by molar-refractivity contribution is 5.87. The molecular weight excluding hydrogens is 413 g/mol. The Morgan fingerprint density at radius 1 is 1.42 bits per heavy atom. The molecule has 1 heterocycles. The van der Waals surface area contributed by atoms with Gasteiger partial charge in [-0.05, 0) is 43.0 Å². The van der Waals surface area contributed by atoms with E-state index in [1.165, 1.54) is 18.1 Å². The summed E-state index contributed by atoms with van der Waals surface area (Å²) in [4.78, 5) is 26.6. The highest BCUT2D eigenvalue weighted by Gasteiger charge is 2.40. The number of carbonyl (C=O) groups is 2. The Kier molecular flexibility index (Phi) is 7.75. The van der Waals surface area contributed by atoms with Crippen LogP contribution in [0.1, 0.15) is 43.4 Å². The molecule has 1 aromatic rings. The average molecular weight is 440 g/mol. The fourth-order valence-electron chi connectivity index (χ4n) is 3.73.